The van der Waals surface area contributed by atoms with Crippen molar-refractivity contribution in [1.82, 2.24) is 0 Å². The molecule has 0 aliphatic carbocycles. The van der Waals surface area contributed by atoms with Crippen LogP contribution in [-0.2, 0) is 4.74 Å². The molecule has 0 unspecified atom stereocenters. The molecule has 1 aromatic heterocycles. The minimum Gasteiger partial charge on any atom is -0.487 e. The zero-order chi connectivity index (χ0) is 13.3. The van der Waals surface area contributed by atoms with Gasteiger partial charge in [-0.1, -0.05) is 6.08 Å². The summed E-state index contributed by atoms with van der Waals surface area (Å²) in [5.74, 6) is 0.823. The highest BCUT2D eigenvalue weighted by Crippen LogP contribution is 2.35. The van der Waals surface area contributed by atoms with E-state index in [4.69, 9.17) is 13.9 Å². The Morgan fingerprint density at radius 2 is 2.22 bits per heavy atom. The third kappa shape index (κ3) is 2.07. The normalized spacial score (nSPS) is 27.0. The van der Waals surface area contributed by atoms with Crippen molar-refractivity contribution < 1.29 is 19.0 Å². The second kappa shape index (κ2) is 4.96. The lowest BCUT2D eigenvalue weighted by Crippen LogP contribution is -2.41. The van der Waals surface area contributed by atoms with Crippen molar-refractivity contribution in [2.75, 3.05) is 7.11 Å². The highest BCUT2D eigenvalue weighted by molar-refractivity contribution is 5.48. The predicted molar refractivity (Wildman–Crippen MR) is 65.5 cm³/mol. The SMILES string of the molecule is CC=Cc1cc2c(c(=O)o1)[C@@H](OC)[C@@H](O)[C@H](C)O2. The summed E-state index contributed by atoms with van der Waals surface area (Å²) in [6.45, 7) is 3.55. The van der Waals surface area contributed by atoms with Crippen molar-refractivity contribution in [2.45, 2.75) is 32.2 Å². The fourth-order valence-corrected chi connectivity index (χ4v) is 2.04. The molecule has 0 saturated heterocycles. The van der Waals surface area contributed by atoms with Crippen LogP contribution < -0.4 is 10.4 Å². The summed E-state index contributed by atoms with van der Waals surface area (Å²) in [4.78, 5) is 11.9. The van der Waals surface area contributed by atoms with Crippen LogP contribution in [0.2, 0.25) is 0 Å². The van der Waals surface area contributed by atoms with E-state index in [1.54, 1.807) is 25.1 Å². The molecular weight excluding hydrogens is 236 g/mol. The summed E-state index contributed by atoms with van der Waals surface area (Å²) in [5, 5.41) is 9.94. The third-order valence-electron chi connectivity index (χ3n) is 2.94. The molecule has 98 valence electrons. The number of fused-ring (bicyclic) bond motifs is 1. The zero-order valence-corrected chi connectivity index (χ0v) is 10.5. The van der Waals surface area contributed by atoms with Gasteiger partial charge in [0.05, 0.1) is 0 Å². The van der Waals surface area contributed by atoms with Crippen LogP contribution in [0.15, 0.2) is 21.4 Å². The van der Waals surface area contributed by atoms with Gasteiger partial charge in [-0.3, -0.25) is 0 Å². The Kier molecular flexibility index (Phi) is 3.54. The molecule has 18 heavy (non-hydrogen) atoms. The summed E-state index contributed by atoms with van der Waals surface area (Å²) in [7, 11) is 1.44. The average molecular weight is 252 g/mol. The first kappa shape index (κ1) is 12.9. The number of aliphatic hydroxyl groups excluding tert-OH is 1. The van der Waals surface area contributed by atoms with Crippen molar-refractivity contribution in [2.24, 2.45) is 0 Å². The molecule has 2 heterocycles. The van der Waals surface area contributed by atoms with Crippen molar-refractivity contribution in [3.8, 4) is 5.75 Å². The monoisotopic (exact) mass is 252 g/mol. The molecule has 0 bridgehead atoms. The summed E-state index contributed by atoms with van der Waals surface area (Å²) in [6, 6.07) is 1.63. The van der Waals surface area contributed by atoms with Crippen molar-refractivity contribution in [3.63, 3.8) is 0 Å². The summed E-state index contributed by atoms with van der Waals surface area (Å²) < 4.78 is 15.8. The maximum Gasteiger partial charge on any atom is 0.345 e. The molecule has 5 heteroatoms. The Bertz CT molecular complexity index is 517. The quantitative estimate of drug-likeness (QED) is 0.863. The highest BCUT2D eigenvalue weighted by atomic mass is 16.5. The van der Waals surface area contributed by atoms with E-state index in [1.807, 2.05) is 6.92 Å². The Balaban J connectivity index is 2.57. The van der Waals surface area contributed by atoms with Crippen LogP contribution in [0.5, 0.6) is 5.75 Å². The lowest BCUT2D eigenvalue weighted by atomic mass is 9.98. The molecule has 0 spiro atoms. The van der Waals surface area contributed by atoms with Crippen LogP contribution in [0.1, 0.15) is 31.3 Å². The average Bonchev–Trinajstić information content (AvgIpc) is 2.32. The van der Waals surface area contributed by atoms with Gasteiger partial charge in [-0.2, -0.15) is 0 Å². The minimum absolute atomic E-state index is 0.233. The van der Waals surface area contributed by atoms with E-state index in [9.17, 15) is 9.90 Å². The largest absolute Gasteiger partial charge is 0.487 e. The lowest BCUT2D eigenvalue weighted by Gasteiger charge is -2.33. The Morgan fingerprint density at radius 3 is 2.83 bits per heavy atom. The van der Waals surface area contributed by atoms with Gasteiger partial charge in [0.1, 0.15) is 35.4 Å². The van der Waals surface area contributed by atoms with Crippen LogP contribution in [-0.4, -0.2) is 24.4 Å². The van der Waals surface area contributed by atoms with Gasteiger partial charge in [-0.15, -0.1) is 0 Å². The molecule has 2 rings (SSSR count). The van der Waals surface area contributed by atoms with Gasteiger partial charge in [0, 0.05) is 13.2 Å². The standard InChI is InChI=1S/C13H16O5/c1-4-5-8-6-9-10(13(15)18-8)12(16-3)11(14)7(2)17-9/h4-7,11-12,14H,1-3H3/t7-,11-,12+/m0/s1. The highest BCUT2D eigenvalue weighted by Gasteiger charge is 2.38. The van der Waals surface area contributed by atoms with E-state index in [-0.39, 0.29) is 5.56 Å². The molecule has 1 N–H and O–H groups in total. The van der Waals surface area contributed by atoms with E-state index in [0.29, 0.717) is 11.5 Å². The van der Waals surface area contributed by atoms with Gasteiger partial charge in [0.15, 0.2) is 0 Å². The Morgan fingerprint density at radius 1 is 1.50 bits per heavy atom. The van der Waals surface area contributed by atoms with Gasteiger partial charge in [0.25, 0.3) is 0 Å². The lowest BCUT2D eigenvalue weighted by molar-refractivity contribution is -0.0814. The first-order valence-electron chi connectivity index (χ1n) is 5.76. The number of hydrogen-bond acceptors (Lipinski definition) is 5. The van der Waals surface area contributed by atoms with Crippen molar-refractivity contribution in [1.29, 1.82) is 0 Å². The number of ether oxygens (including phenoxy) is 2. The summed E-state index contributed by atoms with van der Waals surface area (Å²) in [6.07, 6.45) is 1.38. The van der Waals surface area contributed by atoms with Crippen molar-refractivity contribution >= 4 is 6.08 Å². The molecule has 3 atom stereocenters. The molecule has 0 radical (unpaired) electrons. The number of methoxy groups -OCH3 is 1. The first-order chi connectivity index (χ1) is 8.58. The summed E-state index contributed by atoms with van der Waals surface area (Å²) in [5.41, 5.74) is -0.310. The molecule has 1 aliphatic rings. The van der Waals surface area contributed by atoms with Crippen LogP contribution >= 0.6 is 0 Å². The van der Waals surface area contributed by atoms with E-state index in [2.05, 4.69) is 0 Å². The fraction of sp³-hybridized carbons (Fsp3) is 0.462. The molecule has 5 nitrogen and oxygen atoms in total. The van der Waals surface area contributed by atoms with Gasteiger partial charge >= 0.3 is 5.63 Å². The smallest absolute Gasteiger partial charge is 0.345 e. The van der Waals surface area contributed by atoms with Crippen LogP contribution in [0, 0.1) is 0 Å². The summed E-state index contributed by atoms with van der Waals surface area (Å²) >= 11 is 0. The predicted octanol–water partition coefficient (Wildman–Crippen LogP) is 1.50. The molecule has 0 fully saturated rings. The topological polar surface area (TPSA) is 68.9 Å². The maximum atomic E-state index is 11.9. The molecule has 0 saturated carbocycles. The number of allylic oxidation sites excluding steroid dienone is 1. The molecule has 1 aromatic rings. The van der Waals surface area contributed by atoms with Crippen LogP contribution in [0.25, 0.3) is 6.08 Å². The fourth-order valence-electron chi connectivity index (χ4n) is 2.04. The van der Waals surface area contributed by atoms with Crippen LogP contribution in [0.4, 0.5) is 0 Å². The Labute approximate surface area is 105 Å². The molecule has 0 aromatic carbocycles. The first-order valence-corrected chi connectivity index (χ1v) is 5.76. The van der Waals surface area contributed by atoms with E-state index in [0.717, 1.165) is 0 Å². The van der Waals surface area contributed by atoms with Crippen molar-refractivity contribution in [3.05, 3.63) is 33.9 Å². The van der Waals surface area contributed by atoms with E-state index >= 15 is 0 Å². The second-order valence-electron chi connectivity index (χ2n) is 4.18. The minimum atomic E-state index is -0.891. The number of aliphatic hydroxyl groups is 1. The molecule has 1 aliphatic heterocycles. The zero-order valence-electron chi connectivity index (χ0n) is 10.5. The van der Waals surface area contributed by atoms with E-state index < -0.39 is 23.9 Å². The third-order valence-corrected chi connectivity index (χ3v) is 2.94. The van der Waals surface area contributed by atoms with Crippen LogP contribution in [0.3, 0.4) is 0 Å². The number of hydrogen-bond donors (Lipinski definition) is 1. The van der Waals surface area contributed by atoms with Gasteiger partial charge < -0.3 is 19.0 Å². The Hall–Kier alpha value is -1.59. The van der Waals surface area contributed by atoms with Gasteiger partial charge in [-0.05, 0) is 19.9 Å². The van der Waals surface area contributed by atoms with Gasteiger partial charge in [0.2, 0.25) is 0 Å². The van der Waals surface area contributed by atoms with Gasteiger partial charge in [-0.25, -0.2) is 4.79 Å². The molecule has 0 amide bonds. The van der Waals surface area contributed by atoms with E-state index in [1.165, 1.54) is 7.11 Å². The second-order valence-corrected chi connectivity index (χ2v) is 4.18. The molecular formula is C13H16O5. The number of rotatable bonds is 2. The maximum absolute atomic E-state index is 11.9.